The largest absolute Gasteiger partial charge is 0.479 e. The first-order valence-corrected chi connectivity index (χ1v) is 7.50. The van der Waals surface area contributed by atoms with Crippen LogP contribution in [0.2, 0.25) is 0 Å². The number of carboxylic acid groups (broad SMARTS) is 1. The molecule has 1 aliphatic heterocycles. The average Bonchev–Trinajstić information content (AvgIpc) is 2.64. The number of nitrogens with one attached hydrogen (secondary N) is 1. The van der Waals surface area contributed by atoms with Gasteiger partial charge in [-0.05, 0) is 20.8 Å². The standard InChI is InChI=1S/C11H19NO6S/c1-10(2,3)19(16,17)6-8(13)12-11(9(14)15)4-5-18-7-11/h4-7H2,1-3H3,(H,12,13)(H,14,15). The Kier molecular flexibility index (Phi) is 4.26. The van der Waals surface area contributed by atoms with E-state index < -0.39 is 37.8 Å². The van der Waals surface area contributed by atoms with E-state index in [9.17, 15) is 18.0 Å². The summed E-state index contributed by atoms with van der Waals surface area (Å²) in [6.45, 7) is 4.53. The third-order valence-corrected chi connectivity index (χ3v) is 5.57. The minimum absolute atomic E-state index is 0.129. The number of hydrogen-bond acceptors (Lipinski definition) is 5. The Morgan fingerprint density at radius 2 is 1.95 bits per heavy atom. The fourth-order valence-electron chi connectivity index (χ4n) is 1.58. The Morgan fingerprint density at radius 3 is 2.32 bits per heavy atom. The molecule has 1 saturated heterocycles. The number of rotatable bonds is 4. The Morgan fingerprint density at radius 1 is 1.37 bits per heavy atom. The summed E-state index contributed by atoms with van der Waals surface area (Å²) in [7, 11) is -3.64. The maximum atomic E-state index is 11.9. The normalized spacial score (nSPS) is 24.2. The van der Waals surface area contributed by atoms with Crippen LogP contribution in [-0.2, 0) is 24.2 Å². The number of carboxylic acids is 1. The van der Waals surface area contributed by atoms with Crippen molar-refractivity contribution in [2.75, 3.05) is 19.0 Å². The summed E-state index contributed by atoms with van der Waals surface area (Å²) >= 11 is 0. The van der Waals surface area contributed by atoms with Gasteiger partial charge in [-0.25, -0.2) is 13.2 Å². The van der Waals surface area contributed by atoms with Crippen LogP contribution in [0.1, 0.15) is 27.2 Å². The molecule has 1 unspecified atom stereocenters. The highest BCUT2D eigenvalue weighted by Crippen LogP contribution is 2.20. The molecule has 1 atom stereocenters. The molecule has 110 valence electrons. The lowest BCUT2D eigenvalue weighted by molar-refractivity contribution is -0.147. The summed E-state index contributed by atoms with van der Waals surface area (Å²) in [4.78, 5) is 22.9. The van der Waals surface area contributed by atoms with E-state index in [1.807, 2.05) is 0 Å². The zero-order valence-electron chi connectivity index (χ0n) is 11.2. The minimum atomic E-state index is -3.64. The summed E-state index contributed by atoms with van der Waals surface area (Å²) in [6, 6.07) is 0. The third-order valence-electron chi connectivity index (χ3n) is 3.06. The number of carbonyl (C=O) groups excluding carboxylic acids is 1. The van der Waals surface area contributed by atoms with Crippen LogP contribution in [0.4, 0.5) is 0 Å². The molecule has 19 heavy (non-hydrogen) atoms. The van der Waals surface area contributed by atoms with E-state index in [0.29, 0.717) is 0 Å². The van der Waals surface area contributed by atoms with Crippen molar-refractivity contribution in [1.29, 1.82) is 0 Å². The van der Waals surface area contributed by atoms with Crippen LogP contribution in [0, 0.1) is 0 Å². The first-order chi connectivity index (χ1) is 8.50. The van der Waals surface area contributed by atoms with Crippen molar-refractivity contribution in [2.45, 2.75) is 37.5 Å². The van der Waals surface area contributed by atoms with Gasteiger partial charge in [0.15, 0.2) is 15.4 Å². The van der Waals surface area contributed by atoms with Gasteiger partial charge in [0.2, 0.25) is 5.91 Å². The minimum Gasteiger partial charge on any atom is -0.479 e. The molecule has 1 aliphatic rings. The number of sulfone groups is 1. The van der Waals surface area contributed by atoms with Crippen LogP contribution in [0.15, 0.2) is 0 Å². The second kappa shape index (κ2) is 5.09. The van der Waals surface area contributed by atoms with Crippen molar-refractivity contribution >= 4 is 21.7 Å². The van der Waals surface area contributed by atoms with Crippen molar-refractivity contribution in [3.8, 4) is 0 Å². The molecule has 2 N–H and O–H groups in total. The van der Waals surface area contributed by atoms with E-state index in [-0.39, 0.29) is 19.6 Å². The van der Waals surface area contributed by atoms with E-state index >= 15 is 0 Å². The molecule has 0 spiro atoms. The zero-order chi connectivity index (χ0) is 14.9. The van der Waals surface area contributed by atoms with Gasteiger partial charge in [0.1, 0.15) is 5.75 Å². The summed E-state index contributed by atoms with van der Waals surface area (Å²) in [5.74, 6) is -2.76. The van der Waals surface area contributed by atoms with Crippen molar-refractivity contribution in [2.24, 2.45) is 0 Å². The molecule has 0 aliphatic carbocycles. The predicted molar refractivity (Wildman–Crippen MR) is 67.5 cm³/mol. The first kappa shape index (κ1) is 15.9. The Labute approximate surface area is 112 Å². The van der Waals surface area contributed by atoms with Gasteiger partial charge in [0.25, 0.3) is 0 Å². The second-order valence-corrected chi connectivity index (χ2v) is 8.35. The molecule has 1 fully saturated rings. The maximum absolute atomic E-state index is 11.9. The molecule has 0 aromatic heterocycles. The molecule has 0 aromatic carbocycles. The van der Waals surface area contributed by atoms with Crippen LogP contribution >= 0.6 is 0 Å². The van der Waals surface area contributed by atoms with Gasteiger partial charge >= 0.3 is 5.97 Å². The van der Waals surface area contributed by atoms with Crippen LogP contribution in [0.5, 0.6) is 0 Å². The van der Waals surface area contributed by atoms with Gasteiger partial charge in [-0.15, -0.1) is 0 Å². The summed E-state index contributed by atoms with van der Waals surface area (Å²) in [6.07, 6.45) is 0.129. The van der Waals surface area contributed by atoms with Gasteiger partial charge in [-0.2, -0.15) is 0 Å². The molecule has 8 heteroatoms. The summed E-state index contributed by atoms with van der Waals surface area (Å²) < 4.78 is 27.7. The van der Waals surface area contributed by atoms with Crippen molar-refractivity contribution in [3.05, 3.63) is 0 Å². The van der Waals surface area contributed by atoms with Gasteiger partial charge in [-0.1, -0.05) is 0 Å². The van der Waals surface area contributed by atoms with Gasteiger partial charge in [0, 0.05) is 13.0 Å². The van der Waals surface area contributed by atoms with Crippen molar-refractivity contribution < 1.29 is 27.9 Å². The molecule has 7 nitrogen and oxygen atoms in total. The van der Waals surface area contributed by atoms with Crippen molar-refractivity contribution in [1.82, 2.24) is 5.32 Å². The number of hydrogen-bond donors (Lipinski definition) is 2. The molecular formula is C11H19NO6S. The molecule has 0 bridgehead atoms. The Hall–Kier alpha value is -1.15. The maximum Gasteiger partial charge on any atom is 0.331 e. The molecule has 0 saturated carbocycles. The van der Waals surface area contributed by atoms with Crippen LogP contribution in [0.3, 0.4) is 0 Å². The lowest BCUT2D eigenvalue weighted by Gasteiger charge is -2.25. The Balaban J connectivity index is 2.78. The van der Waals surface area contributed by atoms with E-state index in [0.717, 1.165) is 0 Å². The fraction of sp³-hybridized carbons (Fsp3) is 0.818. The molecule has 1 amide bonds. The van der Waals surface area contributed by atoms with E-state index in [2.05, 4.69) is 5.32 Å². The van der Waals surface area contributed by atoms with E-state index in [1.54, 1.807) is 0 Å². The zero-order valence-corrected chi connectivity index (χ0v) is 12.0. The molecule has 1 rings (SSSR count). The average molecular weight is 293 g/mol. The van der Waals surface area contributed by atoms with Gasteiger partial charge in [0.05, 0.1) is 11.4 Å². The number of aliphatic carboxylic acids is 1. The van der Waals surface area contributed by atoms with Gasteiger partial charge in [-0.3, -0.25) is 4.79 Å². The smallest absolute Gasteiger partial charge is 0.331 e. The number of carbonyl (C=O) groups is 2. The first-order valence-electron chi connectivity index (χ1n) is 5.85. The highest BCUT2D eigenvalue weighted by atomic mass is 32.2. The number of ether oxygens (including phenoxy) is 1. The molecule has 0 radical (unpaired) electrons. The topological polar surface area (TPSA) is 110 Å². The summed E-state index contributed by atoms with van der Waals surface area (Å²) in [5.41, 5.74) is -1.51. The van der Waals surface area contributed by atoms with Gasteiger partial charge < -0.3 is 15.2 Å². The highest BCUT2D eigenvalue weighted by molar-refractivity contribution is 7.93. The van der Waals surface area contributed by atoms with Crippen molar-refractivity contribution in [3.63, 3.8) is 0 Å². The fourth-order valence-corrected chi connectivity index (χ4v) is 2.43. The summed E-state index contributed by atoms with van der Waals surface area (Å²) in [5, 5.41) is 11.4. The third kappa shape index (κ3) is 3.44. The molecule has 0 aromatic rings. The predicted octanol–water partition coefficient (Wildman–Crippen LogP) is -0.440. The Bertz CT molecular complexity index is 470. The quantitative estimate of drug-likeness (QED) is 0.727. The molecule has 1 heterocycles. The second-order valence-electron chi connectivity index (χ2n) is 5.61. The lowest BCUT2D eigenvalue weighted by Crippen LogP contribution is -2.56. The van der Waals surface area contributed by atoms with Crippen LogP contribution < -0.4 is 5.32 Å². The highest BCUT2D eigenvalue weighted by Gasteiger charge is 2.45. The van der Waals surface area contributed by atoms with Crippen LogP contribution in [-0.4, -0.2) is 54.7 Å². The SMILES string of the molecule is CC(C)(C)S(=O)(=O)CC(=O)NC1(C(=O)O)CCOC1. The molecular weight excluding hydrogens is 274 g/mol. The number of amides is 1. The van der Waals surface area contributed by atoms with Crippen LogP contribution in [0.25, 0.3) is 0 Å². The lowest BCUT2D eigenvalue weighted by atomic mass is 9.99. The van der Waals surface area contributed by atoms with E-state index in [4.69, 9.17) is 9.84 Å². The monoisotopic (exact) mass is 293 g/mol. The van der Waals surface area contributed by atoms with E-state index in [1.165, 1.54) is 20.8 Å².